The van der Waals surface area contributed by atoms with E-state index in [1.54, 1.807) is 7.11 Å². The van der Waals surface area contributed by atoms with Crippen LogP contribution < -0.4 is 4.74 Å². The summed E-state index contributed by atoms with van der Waals surface area (Å²) in [6.07, 6.45) is 5.11. The maximum absolute atomic E-state index is 10.3. The van der Waals surface area contributed by atoms with Gasteiger partial charge in [0.05, 0.1) is 19.3 Å². The zero-order valence-electron chi connectivity index (χ0n) is 11.9. The minimum absolute atomic E-state index is 0.409. The molecule has 0 bridgehead atoms. The van der Waals surface area contributed by atoms with E-state index in [4.69, 9.17) is 9.47 Å². The molecule has 3 nitrogen and oxygen atoms in total. The normalized spacial score (nSPS) is 20.5. The van der Waals surface area contributed by atoms with E-state index in [0.717, 1.165) is 42.7 Å². The number of aliphatic hydroxyl groups excluding tert-OH is 1. The average molecular weight is 264 g/mol. The Kier molecular flexibility index (Phi) is 5.23. The predicted octanol–water partition coefficient (Wildman–Crippen LogP) is 3.39. The molecule has 2 unspecified atom stereocenters. The molecule has 0 radical (unpaired) electrons. The molecule has 1 heterocycles. The monoisotopic (exact) mass is 264 g/mol. The Labute approximate surface area is 115 Å². The predicted molar refractivity (Wildman–Crippen MR) is 75.5 cm³/mol. The van der Waals surface area contributed by atoms with Crippen molar-refractivity contribution in [3.63, 3.8) is 0 Å². The molecule has 0 aliphatic carbocycles. The summed E-state index contributed by atoms with van der Waals surface area (Å²) in [4.78, 5) is 0. The van der Waals surface area contributed by atoms with E-state index in [0.29, 0.717) is 6.10 Å². The van der Waals surface area contributed by atoms with Crippen molar-refractivity contribution in [1.82, 2.24) is 0 Å². The second-order valence-corrected chi connectivity index (χ2v) is 5.33. The van der Waals surface area contributed by atoms with E-state index in [2.05, 4.69) is 0 Å². The largest absolute Gasteiger partial charge is 0.496 e. The van der Waals surface area contributed by atoms with Crippen LogP contribution in [0.4, 0.5) is 0 Å². The van der Waals surface area contributed by atoms with Gasteiger partial charge in [-0.2, -0.15) is 0 Å². The maximum Gasteiger partial charge on any atom is 0.124 e. The molecule has 0 aromatic heterocycles. The van der Waals surface area contributed by atoms with E-state index in [9.17, 15) is 5.11 Å². The first kappa shape index (κ1) is 14.4. The number of hydrogen-bond donors (Lipinski definition) is 1. The van der Waals surface area contributed by atoms with Crippen LogP contribution in [0.15, 0.2) is 18.2 Å². The molecule has 3 heteroatoms. The fourth-order valence-corrected chi connectivity index (χ4v) is 2.68. The Balaban J connectivity index is 1.87. The van der Waals surface area contributed by atoms with Gasteiger partial charge in [-0.1, -0.05) is 11.6 Å². The third kappa shape index (κ3) is 3.95. The topological polar surface area (TPSA) is 38.7 Å². The molecule has 0 spiro atoms. The van der Waals surface area contributed by atoms with Gasteiger partial charge in [0.2, 0.25) is 0 Å². The quantitative estimate of drug-likeness (QED) is 0.856. The lowest BCUT2D eigenvalue weighted by Crippen LogP contribution is -2.06. The van der Waals surface area contributed by atoms with Crippen LogP contribution in [0.1, 0.15) is 49.3 Å². The van der Waals surface area contributed by atoms with Crippen molar-refractivity contribution in [2.24, 2.45) is 0 Å². The first-order chi connectivity index (χ1) is 9.20. The molecule has 1 aromatic rings. The van der Waals surface area contributed by atoms with Crippen LogP contribution in [-0.2, 0) is 4.74 Å². The third-order valence-corrected chi connectivity index (χ3v) is 3.77. The van der Waals surface area contributed by atoms with Crippen LogP contribution in [0.5, 0.6) is 5.75 Å². The van der Waals surface area contributed by atoms with Crippen LogP contribution in [0.25, 0.3) is 0 Å². The highest BCUT2D eigenvalue weighted by atomic mass is 16.5. The summed E-state index contributed by atoms with van der Waals surface area (Å²) in [5.74, 6) is 0.773. The molecule has 0 amide bonds. The van der Waals surface area contributed by atoms with Crippen LogP contribution >= 0.6 is 0 Å². The Morgan fingerprint density at radius 2 is 2.32 bits per heavy atom. The summed E-state index contributed by atoms with van der Waals surface area (Å²) in [5, 5.41) is 10.3. The van der Waals surface area contributed by atoms with E-state index >= 15 is 0 Å². The van der Waals surface area contributed by atoms with Crippen molar-refractivity contribution in [3.05, 3.63) is 29.3 Å². The molecule has 1 N–H and O–H groups in total. The first-order valence-electron chi connectivity index (χ1n) is 7.15. The summed E-state index contributed by atoms with van der Waals surface area (Å²) in [6.45, 7) is 2.93. The Morgan fingerprint density at radius 1 is 1.47 bits per heavy atom. The van der Waals surface area contributed by atoms with Crippen LogP contribution in [-0.4, -0.2) is 24.9 Å². The standard InChI is InChI=1S/C16H24O3/c1-12-8-9-16(18-2)14(11-12)15(17)7-3-5-13-6-4-10-19-13/h8-9,11,13,15,17H,3-7,10H2,1-2H3. The second-order valence-electron chi connectivity index (χ2n) is 5.33. The van der Waals surface area contributed by atoms with Gasteiger partial charge < -0.3 is 14.6 Å². The fraction of sp³-hybridized carbons (Fsp3) is 0.625. The van der Waals surface area contributed by atoms with Gasteiger partial charge in [-0.25, -0.2) is 0 Å². The van der Waals surface area contributed by atoms with Crippen LogP contribution in [0.3, 0.4) is 0 Å². The number of aliphatic hydroxyl groups is 1. The first-order valence-corrected chi connectivity index (χ1v) is 7.15. The number of hydrogen-bond acceptors (Lipinski definition) is 3. The van der Waals surface area contributed by atoms with Gasteiger partial charge in [0.25, 0.3) is 0 Å². The third-order valence-electron chi connectivity index (χ3n) is 3.77. The zero-order chi connectivity index (χ0) is 13.7. The van der Waals surface area contributed by atoms with Crippen molar-refractivity contribution >= 4 is 0 Å². The highest BCUT2D eigenvalue weighted by molar-refractivity contribution is 5.38. The van der Waals surface area contributed by atoms with Gasteiger partial charge in [0.15, 0.2) is 0 Å². The van der Waals surface area contributed by atoms with E-state index in [1.807, 2.05) is 25.1 Å². The molecule has 1 aliphatic heterocycles. The Morgan fingerprint density at radius 3 is 3.00 bits per heavy atom. The summed E-state index contributed by atoms with van der Waals surface area (Å²) >= 11 is 0. The van der Waals surface area contributed by atoms with E-state index in [1.165, 1.54) is 12.8 Å². The Bertz CT molecular complexity index is 397. The number of methoxy groups -OCH3 is 1. The van der Waals surface area contributed by atoms with Gasteiger partial charge >= 0.3 is 0 Å². The van der Waals surface area contributed by atoms with Crippen LogP contribution in [0.2, 0.25) is 0 Å². The van der Waals surface area contributed by atoms with Gasteiger partial charge in [0.1, 0.15) is 5.75 Å². The van der Waals surface area contributed by atoms with Gasteiger partial charge in [-0.3, -0.25) is 0 Å². The average Bonchev–Trinajstić information content (AvgIpc) is 2.91. The summed E-state index contributed by atoms with van der Waals surface area (Å²) in [5.41, 5.74) is 2.05. The number of benzene rings is 1. The molecule has 2 rings (SSSR count). The lowest BCUT2D eigenvalue weighted by atomic mass is 9.99. The van der Waals surface area contributed by atoms with Crippen molar-refractivity contribution in [2.75, 3.05) is 13.7 Å². The zero-order valence-corrected chi connectivity index (χ0v) is 11.9. The highest BCUT2D eigenvalue weighted by Gasteiger charge is 2.17. The fourth-order valence-electron chi connectivity index (χ4n) is 2.68. The molecule has 1 aliphatic rings. The molecule has 0 saturated carbocycles. The molecule has 19 heavy (non-hydrogen) atoms. The molecule has 1 fully saturated rings. The van der Waals surface area contributed by atoms with Gasteiger partial charge in [0, 0.05) is 12.2 Å². The van der Waals surface area contributed by atoms with Gasteiger partial charge in [-0.05, 0) is 51.2 Å². The maximum atomic E-state index is 10.3. The summed E-state index contributed by atoms with van der Waals surface area (Å²) < 4.78 is 10.9. The van der Waals surface area contributed by atoms with Crippen molar-refractivity contribution in [3.8, 4) is 5.75 Å². The highest BCUT2D eigenvalue weighted by Crippen LogP contribution is 2.30. The van der Waals surface area contributed by atoms with Crippen molar-refractivity contribution < 1.29 is 14.6 Å². The SMILES string of the molecule is COc1ccc(C)cc1C(O)CCCC1CCCO1. The van der Waals surface area contributed by atoms with Crippen LogP contribution in [0, 0.1) is 6.92 Å². The minimum Gasteiger partial charge on any atom is -0.496 e. The van der Waals surface area contributed by atoms with Gasteiger partial charge in [-0.15, -0.1) is 0 Å². The summed E-state index contributed by atoms with van der Waals surface area (Å²) in [7, 11) is 1.65. The molecular weight excluding hydrogens is 240 g/mol. The van der Waals surface area contributed by atoms with Crippen molar-refractivity contribution in [1.29, 1.82) is 0 Å². The molecule has 1 saturated heterocycles. The minimum atomic E-state index is -0.448. The molecule has 2 atom stereocenters. The second kappa shape index (κ2) is 6.92. The van der Waals surface area contributed by atoms with E-state index in [-0.39, 0.29) is 0 Å². The Hall–Kier alpha value is -1.06. The number of rotatable bonds is 6. The molecule has 1 aromatic carbocycles. The number of aryl methyl sites for hydroxylation is 1. The molecule has 106 valence electrons. The van der Waals surface area contributed by atoms with Crippen molar-refractivity contribution in [2.45, 2.75) is 51.2 Å². The molecular formula is C16H24O3. The lowest BCUT2D eigenvalue weighted by Gasteiger charge is -2.16. The lowest BCUT2D eigenvalue weighted by molar-refractivity contribution is 0.0941. The summed E-state index contributed by atoms with van der Waals surface area (Å²) in [6, 6.07) is 5.94. The number of ether oxygens (including phenoxy) is 2. The smallest absolute Gasteiger partial charge is 0.124 e. The van der Waals surface area contributed by atoms with E-state index < -0.39 is 6.10 Å².